The van der Waals surface area contributed by atoms with Crippen molar-refractivity contribution in [2.24, 2.45) is 0 Å². The van der Waals surface area contributed by atoms with Crippen LogP contribution in [0.15, 0.2) is 36.7 Å². The maximum atomic E-state index is 14.0. The quantitative estimate of drug-likeness (QED) is 0.870. The number of nitrogen functional groups attached to an aromatic ring is 1. The standard InChI is InChI=1S/C20H24FN5O2/c21-16-4-2-1-3-15(16)13-26-9-10-28-20(12-19(26)27)5-7-25(8-6-20)18-11-17(22)23-14-24-18/h1-4,11,14H,5-10,12-13H2,(H2,22,23,24). The summed E-state index contributed by atoms with van der Waals surface area (Å²) < 4.78 is 20.1. The number of nitrogens with zero attached hydrogens (tertiary/aromatic N) is 4. The van der Waals surface area contributed by atoms with E-state index in [2.05, 4.69) is 14.9 Å². The Morgan fingerprint density at radius 2 is 1.96 bits per heavy atom. The summed E-state index contributed by atoms with van der Waals surface area (Å²) >= 11 is 0. The number of piperidine rings is 1. The van der Waals surface area contributed by atoms with Gasteiger partial charge in [-0.25, -0.2) is 14.4 Å². The van der Waals surface area contributed by atoms with Gasteiger partial charge in [0.05, 0.1) is 18.6 Å². The molecule has 148 valence electrons. The van der Waals surface area contributed by atoms with E-state index in [9.17, 15) is 9.18 Å². The lowest BCUT2D eigenvalue weighted by molar-refractivity contribution is -0.134. The summed E-state index contributed by atoms with van der Waals surface area (Å²) in [7, 11) is 0. The molecule has 2 aliphatic heterocycles. The predicted octanol–water partition coefficient (Wildman–Crippen LogP) is 1.99. The molecule has 2 aliphatic rings. The summed E-state index contributed by atoms with van der Waals surface area (Å²) in [5.74, 6) is 0.964. The fourth-order valence-electron chi connectivity index (χ4n) is 3.93. The summed E-state index contributed by atoms with van der Waals surface area (Å²) in [6.07, 6.45) is 3.24. The van der Waals surface area contributed by atoms with E-state index in [4.69, 9.17) is 10.5 Å². The van der Waals surface area contributed by atoms with Gasteiger partial charge in [0, 0.05) is 37.8 Å². The fourth-order valence-corrected chi connectivity index (χ4v) is 3.93. The van der Waals surface area contributed by atoms with Crippen molar-refractivity contribution in [2.45, 2.75) is 31.4 Å². The number of rotatable bonds is 3. The smallest absolute Gasteiger partial charge is 0.225 e. The Morgan fingerprint density at radius 3 is 2.71 bits per heavy atom. The Hall–Kier alpha value is -2.74. The van der Waals surface area contributed by atoms with E-state index in [0.717, 1.165) is 31.7 Å². The van der Waals surface area contributed by atoms with Gasteiger partial charge in [-0.3, -0.25) is 4.79 Å². The van der Waals surface area contributed by atoms with Crippen molar-refractivity contribution >= 4 is 17.5 Å². The molecular weight excluding hydrogens is 361 g/mol. The van der Waals surface area contributed by atoms with Gasteiger partial charge in [0.25, 0.3) is 0 Å². The van der Waals surface area contributed by atoms with Crippen LogP contribution in [0.3, 0.4) is 0 Å². The Morgan fingerprint density at radius 1 is 1.18 bits per heavy atom. The van der Waals surface area contributed by atoms with E-state index < -0.39 is 5.60 Å². The van der Waals surface area contributed by atoms with Crippen LogP contribution in [-0.2, 0) is 16.1 Å². The molecule has 8 heteroatoms. The Bertz CT molecular complexity index is 854. The summed E-state index contributed by atoms with van der Waals surface area (Å²) in [5.41, 5.74) is 5.82. The lowest BCUT2D eigenvalue weighted by Gasteiger charge is -2.40. The first-order valence-corrected chi connectivity index (χ1v) is 9.52. The van der Waals surface area contributed by atoms with Crippen LogP contribution in [0.25, 0.3) is 0 Å². The first kappa shape index (κ1) is 18.6. The van der Waals surface area contributed by atoms with E-state index >= 15 is 0 Å². The molecule has 0 bridgehead atoms. The number of anilines is 2. The SMILES string of the molecule is Nc1cc(N2CCC3(CC2)CC(=O)N(Cc2ccccc2F)CCO3)ncn1. The van der Waals surface area contributed by atoms with Gasteiger partial charge in [0.1, 0.15) is 23.8 Å². The number of carbonyl (C=O) groups excluding carboxylic acids is 1. The molecule has 0 aliphatic carbocycles. The van der Waals surface area contributed by atoms with E-state index in [0.29, 0.717) is 31.0 Å². The molecule has 7 nitrogen and oxygen atoms in total. The Labute approximate surface area is 163 Å². The molecular formula is C20H24FN5O2. The summed E-state index contributed by atoms with van der Waals surface area (Å²) in [4.78, 5) is 24.9. The van der Waals surface area contributed by atoms with Gasteiger partial charge in [0.2, 0.25) is 5.91 Å². The summed E-state index contributed by atoms with van der Waals surface area (Å²) in [6, 6.07) is 8.34. The van der Waals surface area contributed by atoms with E-state index in [1.165, 1.54) is 12.4 Å². The molecule has 1 spiro atoms. The van der Waals surface area contributed by atoms with Gasteiger partial charge < -0.3 is 20.3 Å². The number of carbonyl (C=O) groups is 1. The minimum atomic E-state index is -0.462. The second-order valence-corrected chi connectivity index (χ2v) is 7.40. The highest BCUT2D eigenvalue weighted by atomic mass is 19.1. The van der Waals surface area contributed by atoms with Crippen molar-refractivity contribution in [3.63, 3.8) is 0 Å². The van der Waals surface area contributed by atoms with E-state index in [-0.39, 0.29) is 18.3 Å². The minimum Gasteiger partial charge on any atom is -0.384 e. The molecule has 2 aromatic rings. The molecule has 3 heterocycles. The monoisotopic (exact) mass is 385 g/mol. The third-order valence-electron chi connectivity index (χ3n) is 5.59. The van der Waals surface area contributed by atoms with Gasteiger partial charge in [0.15, 0.2) is 0 Å². The predicted molar refractivity (Wildman–Crippen MR) is 103 cm³/mol. The van der Waals surface area contributed by atoms with Crippen LogP contribution in [0.4, 0.5) is 16.0 Å². The lowest BCUT2D eigenvalue weighted by Crippen LogP contribution is -2.47. The molecule has 1 aromatic heterocycles. The van der Waals surface area contributed by atoms with Crippen molar-refractivity contribution in [1.82, 2.24) is 14.9 Å². The number of benzene rings is 1. The maximum Gasteiger partial charge on any atom is 0.225 e. The van der Waals surface area contributed by atoms with Crippen molar-refractivity contribution in [3.8, 4) is 0 Å². The van der Waals surface area contributed by atoms with Gasteiger partial charge in [-0.2, -0.15) is 0 Å². The number of amides is 1. The van der Waals surface area contributed by atoms with Crippen LogP contribution in [0.1, 0.15) is 24.8 Å². The number of hydrogen-bond acceptors (Lipinski definition) is 6. The van der Waals surface area contributed by atoms with Crippen LogP contribution in [0.5, 0.6) is 0 Å². The van der Waals surface area contributed by atoms with Crippen LogP contribution >= 0.6 is 0 Å². The average Bonchev–Trinajstić information content (AvgIpc) is 2.83. The first-order chi connectivity index (χ1) is 13.5. The lowest BCUT2D eigenvalue weighted by atomic mass is 9.87. The number of aromatic nitrogens is 2. The molecule has 0 unspecified atom stereocenters. The zero-order chi connectivity index (χ0) is 19.6. The molecule has 0 atom stereocenters. The zero-order valence-electron chi connectivity index (χ0n) is 15.7. The Kier molecular flexibility index (Phi) is 5.13. The summed E-state index contributed by atoms with van der Waals surface area (Å²) in [5, 5.41) is 0. The van der Waals surface area contributed by atoms with E-state index in [1.54, 1.807) is 29.2 Å². The topological polar surface area (TPSA) is 84.6 Å². The van der Waals surface area contributed by atoms with Crippen molar-refractivity contribution in [3.05, 3.63) is 48.0 Å². The Balaban J connectivity index is 1.41. The average molecular weight is 385 g/mol. The van der Waals surface area contributed by atoms with Crippen molar-refractivity contribution in [2.75, 3.05) is 36.9 Å². The second-order valence-electron chi connectivity index (χ2n) is 7.40. The second kappa shape index (κ2) is 7.71. The van der Waals surface area contributed by atoms with Crippen LogP contribution in [-0.4, -0.2) is 52.6 Å². The molecule has 28 heavy (non-hydrogen) atoms. The molecule has 2 N–H and O–H groups in total. The molecule has 1 aromatic carbocycles. The molecule has 2 saturated heterocycles. The van der Waals surface area contributed by atoms with Crippen molar-refractivity contribution in [1.29, 1.82) is 0 Å². The third kappa shape index (κ3) is 3.91. The van der Waals surface area contributed by atoms with Crippen LogP contribution in [0, 0.1) is 5.82 Å². The van der Waals surface area contributed by atoms with Gasteiger partial charge >= 0.3 is 0 Å². The number of halogens is 1. The fraction of sp³-hybridized carbons (Fsp3) is 0.450. The molecule has 4 rings (SSSR count). The van der Waals surface area contributed by atoms with Crippen LogP contribution < -0.4 is 10.6 Å². The van der Waals surface area contributed by atoms with Crippen LogP contribution in [0.2, 0.25) is 0 Å². The number of ether oxygens (including phenoxy) is 1. The molecule has 0 radical (unpaired) electrons. The largest absolute Gasteiger partial charge is 0.384 e. The molecule has 1 amide bonds. The summed E-state index contributed by atoms with van der Waals surface area (Å²) in [6.45, 7) is 2.67. The van der Waals surface area contributed by atoms with Gasteiger partial charge in [-0.15, -0.1) is 0 Å². The first-order valence-electron chi connectivity index (χ1n) is 9.52. The zero-order valence-corrected chi connectivity index (χ0v) is 15.7. The van der Waals surface area contributed by atoms with Gasteiger partial charge in [-0.1, -0.05) is 18.2 Å². The maximum absolute atomic E-state index is 14.0. The van der Waals surface area contributed by atoms with Gasteiger partial charge in [-0.05, 0) is 18.9 Å². The van der Waals surface area contributed by atoms with E-state index in [1.807, 2.05) is 0 Å². The third-order valence-corrected chi connectivity index (χ3v) is 5.59. The highest BCUT2D eigenvalue weighted by Gasteiger charge is 2.41. The highest BCUT2D eigenvalue weighted by molar-refractivity contribution is 5.77. The van der Waals surface area contributed by atoms with Crippen molar-refractivity contribution < 1.29 is 13.9 Å². The molecule has 2 fully saturated rings. The number of nitrogens with two attached hydrogens (primary N) is 1. The normalized spacial score (nSPS) is 19.7. The minimum absolute atomic E-state index is 0.0143. The number of hydrogen-bond donors (Lipinski definition) is 1. The highest BCUT2D eigenvalue weighted by Crippen LogP contribution is 2.34. The molecule has 0 saturated carbocycles.